The van der Waals surface area contributed by atoms with Crippen LogP contribution in [-0.2, 0) is 6.42 Å². The summed E-state index contributed by atoms with van der Waals surface area (Å²) in [5, 5.41) is 0.873. The Kier molecular flexibility index (Phi) is 4.90. The van der Waals surface area contributed by atoms with Crippen molar-refractivity contribution in [1.29, 1.82) is 0 Å². The first-order chi connectivity index (χ1) is 8.70. The molecule has 18 heavy (non-hydrogen) atoms. The van der Waals surface area contributed by atoms with Crippen molar-refractivity contribution >= 4 is 17.3 Å². The zero-order chi connectivity index (χ0) is 13.0. The highest BCUT2D eigenvalue weighted by molar-refractivity contribution is 6.33. The summed E-state index contributed by atoms with van der Waals surface area (Å²) in [5.41, 5.74) is 8.41. The van der Waals surface area contributed by atoms with Gasteiger partial charge in [-0.1, -0.05) is 24.6 Å². The third-order valence-corrected chi connectivity index (χ3v) is 4.03. The molecule has 3 heteroatoms. The monoisotopic (exact) mass is 266 g/mol. The van der Waals surface area contributed by atoms with Crippen molar-refractivity contribution in [3.63, 3.8) is 0 Å². The quantitative estimate of drug-likeness (QED) is 0.902. The van der Waals surface area contributed by atoms with Crippen LogP contribution in [0.4, 0.5) is 5.69 Å². The fourth-order valence-electron chi connectivity index (χ4n) is 2.52. The van der Waals surface area contributed by atoms with Crippen LogP contribution < -0.4 is 10.6 Å². The molecule has 0 amide bonds. The number of benzene rings is 1. The largest absolute Gasteiger partial charge is 0.370 e. The van der Waals surface area contributed by atoms with Crippen LogP contribution in [0.1, 0.15) is 38.2 Å². The summed E-state index contributed by atoms with van der Waals surface area (Å²) in [6.45, 7) is 4.38. The van der Waals surface area contributed by atoms with Crippen LogP contribution in [0.5, 0.6) is 0 Å². The second-order valence-electron chi connectivity index (χ2n) is 5.21. The highest BCUT2D eigenvalue weighted by Gasteiger charge is 2.14. The van der Waals surface area contributed by atoms with Gasteiger partial charge in [-0.15, -0.1) is 0 Å². The minimum atomic E-state index is 0.238. The lowest BCUT2D eigenvalue weighted by molar-refractivity contribution is 0.578. The van der Waals surface area contributed by atoms with E-state index in [-0.39, 0.29) is 6.04 Å². The number of nitrogens with two attached hydrogens (primary N) is 1. The van der Waals surface area contributed by atoms with Crippen molar-refractivity contribution < 1.29 is 0 Å². The molecule has 100 valence electrons. The molecule has 2 rings (SSSR count). The second-order valence-corrected chi connectivity index (χ2v) is 5.61. The van der Waals surface area contributed by atoms with Crippen molar-refractivity contribution in [3.8, 4) is 0 Å². The molecule has 1 saturated heterocycles. The lowest BCUT2D eigenvalue weighted by Crippen LogP contribution is -2.29. The van der Waals surface area contributed by atoms with Crippen LogP contribution >= 0.6 is 11.6 Å². The number of anilines is 1. The summed E-state index contributed by atoms with van der Waals surface area (Å²) in [6.07, 6.45) is 5.82. The summed E-state index contributed by atoms with van der Waals surface area (Å²) < 4.78 is 0. The molecule has 0 saturated carbocycles. The molecule has 1 aliphatic heterocycles. The van der Waals surface area contributed by atoms with Crippen LogP contribution in [0.2, 0.25) is 5.02 Å². The van der Waals surface area contributed by atoms with E-state index < -0.39 is 0 Å². The van der Waals surface area contributed by atoms with Crippen LogP contribution in [-0.4, -0.2) is 19.1 Å². The van der Waals surface area contributed by atoms with Crippen LogP contribution in [0.15, 0.2) is 18.2 Å². The summed E-state index contributed by atoms with van der Waals surface area (Å²) in [4.78, 5) is 2.40. The van der Waals surface area contributed by atoms with Gasteiger partial charge >= 0.3 is 0 Å². The number of piperidine rings is 1. The first-order valence-electron chi connectivity index (χ1n) is 6.99. The first-order valence-corrected chi connectivity index (χ1v) is 7.37. The molecule has 0 radical (unpaired) electrons. The average Bonchev–Trinajstić information content (AvgIpc) is 2.40. The van der Waals surface area contributed by atoms with Gasteiger partial charge in [0, 0.05) is 19.1 Å². The van der Waals surface area contributed by atoms with Gasteiger partial charge in [-0.2, -0.15) is 0 Å². The molecule has 1 aliphatic rings. The minimum absolute atomic E-state index is 0.238. The molecule has 1 fully saturated rings. The zero-order valence-corrected chi connectivity index (χ0v) is 11.9. The van der Waals surface area contributed by atoms with Gasteiger partial charge in [0.25, 0.3) is 0 Å². The van der Waals surface area contributed by atoms with Crippen molar-refractivity contribution in [2.45, 2.75) is 45.1 Å². The predicted molar refractivity (Wildman–Crippen MR) is 79.5 cm³/mol. The fraction of sp³-hybridized carbons (Fsp3) is 0.600. The lowest BCUT2D eigenvalue weighted by atomic mass is 10.0. The molecule has 1 aromatic carbocycles. The Morgan fingerprint density at radius 3 is 2.61 bits per heavy atom. The third kappa shape index (κ3) is 3.39. The minimum Gasteiger partial charge on any atom is -0.370 e. The van der Waals surface area contributed by atoms with Gasteiger partial charge in [0.15, 0.2) is 0 Å². The van der Waals surface area contributed by atoms with Gasteiger partial charge in [-0.05, 0) is 49.8 Å². The van der Waals surface area contributed by atoms with Crippen molar-refractivity contribution in [2.75, 3.05) is 18.0 Å². The Bertz CT molecular complexity index is 386. The molecular formula is C15H23ClN2. The Hall–Kier alpha value is -0.730. The fourth-order valence-corrected chi connectivity index (χ4v) is 2.84. The predicted octanol–water partition coefficient (Wildman–Crippen LogP) is 3.61. The van der Waals surface area contributed by atoms with Gasteiger partial charge in [-0.25, -0.2) is 0 Å². The maximum absolute atomic E-state index is 6.41. The Morgan fingerprint density at radius 1 is 1.28 bits per heavy atom. The Balaban J connectivity index is 2.09. The summed E-state index contributed by atoms with van der Waals surface area (Å²) in [6, 6.07) is 6.65. The SMILES string of the molecule is CCC(N)Cc1ccc(N2CCCCC2)c(Cl)c1. The molecule has 0 aliphatic carbocycles. The molecule has 2 nitrogen and oxygen atoms in total. The molecule has 1 atom stereocenters. The molecule has 1 unspecified atom stereocenters. The first kappa shape index (κ1) is 13.7. The molecule has 2 N–H and O–H groups in total. The van der Waals surface area contributed by atoms with E-state index in [0.29, 0.717) is 0 Å². The number of hydrogen-bond acceptors (Lipinski definition) is 2. The van der Waals surface area contributed by atoms with Gasteiger partial charge in [0.1, 0.15) is 0 Å². The highest BCUT2D eigenvalue weighted by atomic mass is 35.5. The standard InChI is InChI=1S/C15H23ClN2/c1-2-13(17)10-12-6-7-15(14(16)11-12)18-8-4-3-5-9-18/h6-7,11,13H,2-5,8-10,17H2,1H3. The Morgan fingerprint density at radius 2 is 2.00 bits per heavy atom. The van der Waals surface area contributed by atoms with E-state index in [0.717, 1.165) is 31.0 Å². The van der Waals surface area contributed by atoms with Gasteiger partial charge in [0.05, 0.1) is 10.7 Å². The molecule has 1 heterocycles. The van der Waals surface area contributed by atoms with Gasteiger partial charge in [-0.3, -0.25) is 0 Å². The second kappa shape index (κ2) is 6.44. The zero-order valence-electron chi connectivity index (χ0n) is 11.2. The molecule has 1 aromatic rings. The highest BCUT2D eigenvalue weighted by Crippen LogP contribution is 2.29. The third-order valence-electron chi connectivity index (χ3n) is 3.73. The maximum atomic E-state index is 6.41. The molecule has 0 bridgehead atoms. The van der Waals surface area contributed by atoms with Crippen LogP contribution in [0.3, 0.4) is 0 Å². The van der Waals surface area contributed by atoms with Crippen molar-refractivity contribution in [3.05, 3.63) is 28.8 Å². The van der Waals surface area contributed by atoms with Crippen molar-refractivity contribution in [1.82, 2.24) is 0 Å². The molecule has 0 spiro atoms. The average molecular weight is 267 g/mol. The van der Waals surface area contributed by atoms with Crippen molar-refractivity contribution in [2.24, 2.45) is 5.73 Å². The maximum Gasteiger partial charge on any atom is 0.0642 e. The summed E-state index contributed by atoms with van der Waals surface area (Å²) in [7, 11) is 0. The topological polar surface area (TPSA) is 29.3 Å². The number of rotatable bonds is 4. The van der Waals surface area contributed by atoms with E-state index in [1.54, 1.807) is 0 Å². The van der Waals surface area contributed by atoms with Crippen LogP contribution in [0, 0.1) is 0 Å². The van der Waals surface area contributed by atoms with Crippen LogP contribution in [0.25, 0.3) is 0 Å². The van der Waals surface area contributed by atoms with Gasteiger partial charge in [0.2, 0.25) is 0 Å². The molecule has 0 aromatic heterocycles. The van der Waals surface area contributed by atoms with E-state index in [9.17, 15) is 0 Å². The Labute approximate surface area is 115 Å². The van der Waals surface area contributed by atoms with Gasteiger partial charge < -0.3 is 10.6 Å². The van der Waals surface area contributed by atoms with E-state index >= 15 is 0 Å². The van der Waals surface area contributed by atoms with E-state index in [4.69, 9.17) is 17.3 Å². The normalized spacial score (nSPS) is 17.8. The number of nitrogens with zero attached hydrogens (tertiary/aromatic N) is 1. The number of hydrogen-bond donors (Lipinski definition) is 1. The smallest absolute Gasteiger partial charge is 0.0642 e. The summed E-state index contributed by atoms with van der Waals surface area (Å²) in [5.74, 6) is 0. The van der Waals surface area contributed by atoms with E-state index in [1.807, 2.05) is 0 Å². The molecular weight excluding hydrogens is 244 g/mol. The van der Waals surface area contributed by atoms with E-state index in [2.05, 4.69) is 30.0 Å². The van der Waals surface area contributed by atoms with E-state index in [1.165, 1.54) is 30.5 Å². The summed E-state index contributed by atoms with van der Waals surface area (Å²) >= 11 is 6.41. The number of halogens is 1. The lowest BCUT2D eigenvalue weighted by Gasteiger charge is -2.29.